The number of carbonyl (C=O) groups excluding carboxylic acids is 2. The number of hydrogen-bond donors (Lipinski definition) is 0. The van der Waals surface area contributed by atoms with Gasteiger partial charge in [0.15, 0.2) is 11.6 Å². The minimum atomic E-state index is -0.754. The second kappa shape index (κ2) is 11.0. The van der Waals surface area contributed by atoms with Gasteiger partial charge < -0.3 is 14.5 Å². The molecule has 1 atom stereocenters. The van der Waals surface area contributed by atoms with Gasteiger partial charge in [0.05, 0.1) is 30.5 Å². The van der Waals surface area contributed by atoms with Gasteiger partial charge in [-0.25, -0.2) is 33.3 Å². The maximum Gasteiger partial charge on any atom is 0.378 e. The number of urea groups is 1. The molecule has 0 aliphatic carbocycles. The zero-order valence-electron chi connectivity index (χ0n) is 21.7. The summed E-state index contributed by atoms with van der Waals surface area (Å²) in [4.78, 5) is 41.2. The second-order valence-electron chi connectivity index (χ2n) is 8.99. The van der Waals surface area contributed by atoms with E-state index >= 15 is 0 Å². The van der Waals surface area contributed by atoms with Crippen molar-refractivity contribution in [2.45, 2.75) is 26.3 Å². The number of hydrazone groups is 1. The van der Waals surface area contributed by atoms with Crippen LogP contribution in [0.1, 0.15) is 47.0 Å². The van der Waals surface area contributed by atoms with E-state index in [1.54, 1.807) is 35.9 Å². The summed E-state index contributed by atoms with van der Waals surface area (Å²) in [6, 6.07) is 5.03. The molecule has 1 fully saturated rings. The van der Waals surface area contributed by atoms with E-state index in [2.05, 4.69) is 25.2 Å². The lowest BCUT2D eigenvalue weighted by molar-refractivity contribution is 0.0512. The predicted molar refractivity (Wildman–Crippen MR) is 136 cm³/mol. The molecule has 4 heterocycles. The highest BCUT2D eigenvalue weighted by molar-refractivity contribution is 5.85. The zero-order chi connectivity index (χ0) is 28.4. The minimum Gasteiger partial charge on any atom is -0.460 e. The highest BCUT2D eigenvalue weighted by Gasteiger charge is 2.34. The van der Waals surface area contributed by atoms with E-state index in [1.807, 2.05) is 6.07 Å². The van der Waals surface area contributed by atoms with Gasteiger partial charge in [0.25, 0.3) is 5.82 Å². The molecule has 0 unspecified atom stereocenters. The number of carbonyl (C=O) groups is 2. The minimum absolute atomic E-state index is 0.143. The molecule has 0 N–H and O–H groups in total. The Balaban J connectivity index is 1.28. The monoisotopic (exact) mass is 550 g/mol. The fourth-order valence-corrected chi connectivity index (χ4v) is 4.51. The van der Waals surface area contributed by atoms with Crippen molar-refractivity contribution in [1.82, 2.24) is 34.6 Å². The number of anilines is 1. The number of amides is 2. The maximum absolute atomic E-state index is 14.7. The Morgan fingerprint density at radius 1 is 1.15 bits per heavy atom. The molecule has 0 radical (unpaired) electrons. The van der Waals surface area contributed by atoms with Gasteiger partial charge in [0, 0.05) is 38.8 Å². The van der Waals surface area contributed by atoms with E-state index in [0.717, 1.165) is 16.9 Å². The third-order valence-electron chi connectivity index (χ3n) is 6.43. The summed E-state index contributed by atoms with van der Waals surface area (Å²) in [5, 5.41) is 18.7. The lowest BCUT2D eigenvalue weighted by Crippen LogP contribution is -2.52. The van der Waals surface area contributed by atoms with Crippen molar-refractivity contribution >= 4 is 24.2 Å². The van der Waals surface area contributed by atoms with Crippen molar-refractivity contribution in [2.24, 2.45) is 5.10 Å². The van der Waals surface area contributed by atoms with Gasteiger partial charge in [0.2, 0.25) is 5.95 Å². The normalized spacial score (nSPS) is 16.8. The molecule has 15 heteroatoms. The van der Waals surface area contributed by atoms with E-state index < -0.39 is 23.6 Å². The molecule has 13 nitrogen and oxygen atoms in total. The van der Waals surface area contributed by atoms with Crippen molar-refractivity contribution in [3.05, 3.63) is 58.8 Å². The van der Waals surface area contributed by atoms with Gasteiger partial charge in [-0.3, -0.25) is 0 Å². The number of benzene rings is 1. The number of aromatic nitrogens is 5. The van der Waals surface area contributed by atoms with Gasteiger partial charge >= 0.3 is 12.0 Å². The van der Waals surface area contributed by atoms with Crippen LogP contribution in [-0.2, 0) is 4.74 Å². The van der Waals surface area contributed by atoms with Gasteiger partial charge in [-0.15, -0.1) is 5.10 Å². The maximum atomic E-state index is 14.7. The highest BCUT2D eigenvalue weighted by Crippen LogP contribution is 2.31. The number of hydrogen-bond acceptors (Lipinski definition) is 10. The average molecular weight is 551 g/mol. The third kappa shape index (κ3) is 5.15. The Hall–Kier alpha value is -5.00. The molecule has 0 saturated carbocycles. The summed E-state index contributed by atoms with van der Waals surface area (Å²) in [6.07, 6.45) is 2.99. The third-order valence-corrected chi connectivity index (χ3v) is 6.43. The van der Waals surface area contributed by atoms with E-state index in [9.17, 15) is 23.6 Å². The summed E-state index contributed by atoms with van der Waals surface area (Å²) in [7, 11) is 0. The number of nitrogens with zero attached hydrogens (tertiary/aromatic N) is 10. The summed E-state index contributed by atoms with van der Waals surface area (Å²) >= 11 is 0. The molecular formula is C25H24F2N10O3. The molecule has 1 saturated heterocycles. The van der Waals surface area contributed by atoms with Crippen molar-refractivity contribution < 1.29 is 23.1 Å². The first-order valence-corrected chi connectivity index (χ1v) is 12.5. The predicted octanol–water partition coefficient (Wildman–Crippen LogP) is 2.37. The molecule has 5 rings (SSSR count). The number of halogens is 2. The molecule has 206 valence electrons. The van der Waals surface area contributed by atoms with Crippen LogP contribution >= 0.6 is 0 Å². The Morgan fingerprint density at radius 2 is 1.93 bits per heavy atom. The average Bonchev–Trinajstić information content (AvgIpc) is 3.60. The van der Waals surface area contributed by atoms with Gasteiger partial charge in [-0.05, 0) is 37.6 Å². The number of esters is 1. The van der Waals surface area contributed by atoms with Crippen LogP contribution in [0.5, 0.6) is 0 Å². The second-order valence-corrected chi connectivity index (χ2v) is 8.99. The van der Waals surface area contributed by atoms with E-state index in [1.165, 1.54) is 11.1 Å². The molecule has 2 amide bonds. The Kier molecular flexibility index (Phi) is 7.32. The molecule has 1 aromatic carbocycles. The number of piperazine rings is 1. The lowest BCUT2D eigenvalue weighted by atomic mass is 10.0. The summed E-state index contributed by atoms with van der Waals surface area (Å²) in [6.45, 7) is 4.65. The van der Waals surface area contributed by atoms with Crippen LogP contribution in [0.25, 0.3) is 5.82 Å². The molecule has 0 spiro atoms. The van der Waals surface area contributed by atoms with Gasteiger partial charge in [-0.2, -0.15) is 20.0 Å². The summed E-state index contributed by atoms with van der Waals surface area (Å²) < 4.78 is 34.7. The summed E-state index contributed by atoms with van der Waals surface area (Å²) in [5.74, 6) is -1.97. The van der Waals surface area contributed by atoms with Crippen LogP contribution in [-0.4, -0.2) is 85.6 Å². The topological polar surface area (TPSA) is 146 Å². The van der Waals surface area contributed by atoms with Crippen molar-refractivity contribution in [1.29, 1.82) is 5.26 Å². The van der Waals surface area contributed by atoms with E-state index in [-0.39, 0.29) is 41.6 Å². The Bertz CT molecular complexity index is 1530. The van der Waals surface area contributed by atoms with Gasteiger partial charge in [-0.1, -0.05) is 0 Å². The van der Waals surface area contributed by atoms with Crippen LogP contribution in [0.2, 0.25) is 0 Å². The van der Waals surface area contributed by atoms with Crippen LogP contribution < -0.4 is 4.90 Å². The van der Waals surface area contributed by atoms with Crippen LogP contribution in [0, 0.1) is 29.9 Å². The number of nitriles is 1. The molecule has 3 aromatic rings. The van der Waals surface area contributed by atoms with Crippen molar-refractivity contribution in [3.8, 4) is 11.9 Å². The first kappa shape index (κ1) is 26.6. The largest absolute Gasteiger partial charge is 0.460 e. The number of aryl methyl sites for hydroxylation is 1. The Morgan fingerprint density at radius 3 is 2.65 bits per heavy atom. The fraction of sp³-hybridized carbons (Fsp3) is 0.360. The van der Waals surface area contributed by atoms with Gasteiger partial charge in [0.1, 0.15) is 11.6 Å². The highest BCUT2D eigenvalue weighted by atomic mass is 19.1. The quantitative estimate of drug-likeness (QED) is 0.437. The SMILES string of the molecule is CCOC(=O)c1nc(C)n(-c2nc(N3CCN(C(=O)N4N=CC[C@H]4c4cc(F)cc(C#N)c4)CC3)ncc2F)n1. The molecule has 2 aliphatic heterocycles. The summed E-state index contributed by atoms with van der Waals surface area (Å²) in [5.41, 5.74) is 0.655. The molecule has 40 heavy (non-hydrogen) atoms. The van der Waals surface area contributed by atoms with Crippen molar-refractivity contribution in [3.63, 3.8) is 0 Å². The fourth-order valence-electron chi connectivity index (χ4n) is 4.51. The molecular weight excluding hydrogens is 526 g/mol. The number of rotatable bonds is 5. The first-order chi connectivity index (χ1) is 19.3. The molecule has 2 aromatic heterocycles. The van der Waals surface area contributed by atoms with E-state index in [0.29, 0.717) is 38.2 Å². The zero-order valence-corrected chi connectivity index (χ0v) is 21.7. The van der Waals surface area contributed by atoms with Crippen LogP contribution in [0.15, 0.2) is 29.5 Å². The Labute approximate surface area is 227 Å². The molecule has 0 bridgehead atoms. The standard InChI is InChI=1S/C25H24F2N10O3/c1-3-40-23(38)21-31-15(2)36(33-21)22-19(27)14-29-24(32-22)34-6-8-35(9-7-34)25(39)37-20(4-5-30-37)17-10-16(13-28)11-18(26)12-17/h5,10-12,14,20H,3-4,6-9H2,1-2H3/t20-/m0/s1. The lowest BCUT2D eigenvalue weighted by Gasteiger charge is -2.37. The van der Waals surface area contributed by atoms with Crippen LogP contribution in [0.4, 0.5) is 19.5 Å². The molecule has 2 aliphatic rings. The first-order valence-electron chi connectivity index (χ1n) is 12.5. The van der Waals surface area contributed by atoms with E-state index in [4.69, 9.17) is 4.74 Å². The van der Waals surface area contributed by atoms with Crippen molar-refractivity contribution in [2.75, 3.05) is 37.7 Å². The van der Waals surface area contributed by atoms with Crippen LogP contribution in [0.3, 0.4) is 0 Å². The smallest absolute Gasteiger partial charge is 0.378 e. The number of ether oxygens (including phenoxy) is 1.